The molecule has 0 bridgehead atoms. The van der Waals surface area contributed by atoms with Gasteiger partial charge < -0.3 is 5.32 Å². The highest BCUT2D eigenvalue weighted by atomic mass is 16.1. The quantitative estimate of drug-likeness (QED) is 0.649. The van der Waals surface area contributed by atoms with Crippen LogP contribution in [0.15, 0.2) is 24.3 Å². The maximum Gasteiger partial charge on any atom is 0.223 e. The molecule has 0 aromatic carbocycles. The summed E-state index contributed by atoms with van der Waals surface area (Å²) in [5, 5.41) is 2.85. The van der Waals surface area contributed by atoms with Gasteiger partial charge in [0.25, 0.3) is 0 Å². The van der Waals surface area contributed by atoms with Gasteiger partial charge in [0, 0.05) is 12.5 Å². The Balaban J connectivity index is 4.21. The minimum absolute atomic E-state index is 0.0450. The van der Waals surface area contributed by atoms with E-state index in [1.807, 2.05) is 32.9 Å². The topological polar surface area (TPSA) is 29.1 Å². The molecule has 1 atom stereocenters. The highest BCUT2D eigenvalue weighted by Crippen LogP contribution is 2.14. The number of carbonyl (C=O) groups is 1. The highest BCUT2D eigenvalue weighted by Gasteiger charge is 2.15. The van der Waals surface area contributed by atoms with Crippen LogP contribution in [-0.2, 0) is 4.79 Å². The minimum Gasteiger partial charge on any atom is -0.356 e. The first-order valence-corrected chi connectivity index (χ1v) is 5.15. The third-order valence-electron chi connectivity index (χ3n) is 1.97. The molecule has 0 fully saturated rings. The number of hydrogen-bond donors (Lipinski definition) is 1. The van der Waals surface area contributed by atoms with Gasteiger partial charge in [-0.05, 0) is 33.6 Å². The van der Waals surface area contributed by atoms with Crippen molar-refractivity contribution in [3.8, 4) is 0 Å². The van der Waals surface area contributed by atoms with Crippen molar-refractivity contribution < 1.29 is 4.79 Å². The average molecular weight is 195 g/mol. The summed E-state index contributed by atoms with van der Waals surface area (Å²) in [4.78, 5) is 11.6. The molecule has 0 rings (SSSR count). The molecule has 0 radical (unpaired) electrons. The second-order valence-electron chi connectivity index (χ2n) is 3.56. The number of amides is 1. The molecule has 1 amide bonds. The van der Waals surface area contributed by atoms with Crippen molar-refractivity contribution in [2.45, 2.75) is 33.6 Å². The van der Waals surface area contributed by atoms with Crippen molar-refractivity contribution in [1.82, 2.24) is 5.32 Å². The molecule has 0 aromatic rings. The molecule has 0 saturated heterocycles. The molecule has 0 spiro atoms. The van der Waals surface area contributed by atoms with Gasteiger partial charge in [0.2, 0.25) is 5.91 Å². The summed E-state index contributed by atoms with van der Waals surface area (Å²) < 4.78 is 0. The summed E-state index contributed by atoms with van der Waals surface area (Å²) in [6, 6.07) is 0. The van der Waals surface area contributed by atoms with Gasteiger partial charge in [0.05, 0.1) is 0 Å². The Labute approximate surface area is 87.1 Å². The molecule has 0 heterocycles. The monoisotopic (exact) mass is 195 g/mol. The van der Waals surface area contributed by atoms with E-state index >= 15 is 0 Å². The zero-order valence-corrected chi connectivity index (χ0v) is 9.47. The fourth-order valence-electron chi connectivity index (χ4n) is 1.32. The van der Waals surface area contributed by atoms with E-state index in [1.54, 1.807) is 0 Å². The molecule has 0 aliphatic carbocycles. The Bertz CT molecular complexity index is 218. The lowest BCUT2D eigenvalue weighted by Crippen LogP contribution is -2.30. The van der Waals surface area contributed by atoms with E-state index in [0.717, 1.165) is 18.4 Å². The smallest absolute Gasteiger partial charge is 0.223 e. The standard InChI is InChI=1S/C12H21NO/c1-5-7-8-11(9-10(3)4)12(14)13-6-2/h5,7,11H,3,6,8-9H2,1-2,4H3,(H,13,14)/b7-5+. The lowest BCUT2D eigenvalue weighted by atomic mass is 9.96. The molecule has 14 heavy (non-hydrogen) atoms. The summed E-state index contributed by atoms with van der Waals surface area (Å²) >= 11 is 0. The van der Waals surface area contributed by atoms with Crippen LogP contribution >= 0.6 is 0 Å². The van der Waals surface area contributed by atoms with Crippen molar-refractivity contribution >= 4 is 5.91 Å². The Morgan fingerprint density at radius 2 is 2.21 bits per heavy atom. The fraction of sp³-hybridized carbons (Fsp3) is 0.583. The first-order valence-electron chi connectivity index (χ1n) is 5.15. The lowest BCUT2D eigenvalue weighted by molar-refractivity contribution is -0.124. The summed E-state index contributed by atoms with van der Waals surface area (Å²) in [5.41, 5.74) is 1.06. The number of nitrogens with one attached hydrogen (secondary N) is 1. The Hall–Kier alpha value is -1.05. The van der Waals surface area contributed by atoms with Gasteiger partial charge in [0.1, 0.15) is 0 Å². The Kier molecular flexibility index (Phi) is 6.81. The summed E-state index contributed by atoms with van der Waals surface area (Å²) in [7, 11) is 0. The summed E-state index contributed by atoms with van der Waals surface area (Å²) in [6.45, 7) is 10.4. The van der Waals surface area contributed by atoms with Crippen LogP contribution in [0.25, 0.3) is 0 Å². The van der Waals surface area contributed by atoms with Gasteiger partial charge in [0.15, 0.2) is 0 Å². The molecule has 0 aromatic heterocycles. The van der Waals surface area contributed by atoms with Crippen molar-refractivity contribution in [3.63, 3.8) is 0 Å². The highest BCUT2D eigenvalue weighted by molar-refractivity contribution is 5.79. The van der Waals surface area contributed by atoms with Gasteiger partial charge in [-0.15, -0.1) is 6.58 Å². The molecule has 2 heteroatoms. The molecule has 0 aliphatic rings. The van der Waals surface area contributed by atoms with Crippen molar-refractivity contribution in [2.75, 3.05) is 6.54 Å². The second-order valence-corrected chi connectivity index (χ2v) is 3.56. The van der Waals surface area contributed by atoms with Crippen LogP contribution in [0.5, 0.6) is 0 Å². The van der Waals surface area contributed by atoms with Gasteiger partial charge in [-0.1, -0.05) is 17.7 Å². The van der Waals surface area contributed by atoms with Crippen LogP contribution < -0.4 is 5.32 Å². The molecule has 2 nitrogen and oxygen atoms in total. The lowest BCUT2D eigenvalue weighted by Gasteiger charge is -2.14. The molecule has 0 aliphatic heterocycles. The predicted molar refractivity (Wildman–Crippen MR) is 61.0 cm³/mol. The van der Waals surface area contributed by atoms with E-state index < -0.39 is 0 Å². The summed E-state index contributed by atoms with van der Waals surface area (Å²) in [5.74, 6) is 0.178. The van der Waals surface area contributed by atoms with E-state index in [4.69, 9.17) is 0 Å². The molecular formula is C12H21NO. The molecule has 80 valence electrons. The molecular weight excluding hydrogens is 174 g/mol. The molecule has 1 N–H and O–H groups in total. The number of rotatable bonds is 6. The van der Waals surface area contributed by atoms with Crippen molar-refractivity contribution in [1.29, 1.82) is 0 Å². The Morgan fingerprint density at radius 3 is 2.64 bits per heavy atom. The number of hydrogen-bond acceptors (Lipinski definition) is 1. The van der Waals surface area contributed by atoms with Gasteiger partial charge >= 0.3 is 0 Å². The Morgan fingerprint density at radius 1 is 1.57 bits per heavy atom. The first-order chi connectivity index (χ1) is 6.61. The largest absolute Gasteiger partial charge is 0.356 e. The van der Waals surface area contributed by atoms with Gasteiger partial charge in [-0.25, -0.2) is 0 Å². The van der Waals surface area contributed by atoms with Crippen molar-refractivity contribution in [3.05, 3.63) is 24.3 Å². The third-order valence-corrected chi connectivity index (χ3v) is 1.97. The normalized spacial score (nSPS) is 12.8. The van der Waals surface area contributed by atoms with Gasteiger partial charge in [-0.3, -0.25) is 4.79 Å². The SMILES string of the molecule is C=C(C)CC(C/C=C/C)C(=O)NCC. The fourth-order valence-corrected chi connectivity index (χ4v) is 1.32. The maximum atomic E-state index is 11.6. The van der Waals surface area contributed by atoms with E-state index in [9.17, 15) is 4.79 Å². The summed E-state index contributed by atoms with van der Waals surface area (Å²) in [6.07, 6.45) is 5.58. The minimum atomic E-state index is 0.0450. The molecule has 0 saturated carbocycles. The maximum absolute atomic E-state index is 11.6. The predicted octanol–water partition coefficient (Wildman–Crippen LogP) is 2.67. The van der Waals surface area contributed by atoms with Gasteiger partial charge in [-0.2, -0.15) is 0 Å². The zero-order valence-electron chi connectivity index (χ0n) is 9.47. The second kappa shape index (κ2) is 7.36. The first kappa shape index (κ1) is 12.9. The van der Waals surface area contributed by atoms with Crippen LogP contribution in [0.1, 0.15) is 33.6 Å². The van der Waals surface area contributed by atoms with Crippen LogP contribution in [0.4, 0.5) is 0 Å². The van der Waals surface area contributed by atoms with Crippen molar-refractivity contribution in [2.24, 2.45) is 5.92 Å². The van der Waals surface area contributed by atoms with Crippen LogP contribution in [0, 0.1) is 5.92 Å². The third kappa shape index (κ3) is 5.57. The zero-order chi connectivity index (χ0) is 11.0. The van der Waals surface area contributed by atoms with Crippen LogP contribution in [-0.4, -0.2) is 12.5 Å². The number of carbonyl (C=O) groups excluding carboxylic acids is 1. The van der Waals surface area contributed by atoms with Crippen LogP contribution in [0.2, 0.25) is 0 Å². The van der Waals surface area contributed by atoms with Crippen LogP contribution in [0.3, 0.4) is 0 Å². The average Bonchev–Trinajstić information content (AvgIpc) is 2.12. The molecule has 1 unspecified atom stereocenters. The van der Waals surface area contributed by atoms with E-state index in [0.29, 0.717) is 6.54 Å². The van der Waals surface area contributed by atoms with E-state index in [1.165, 1.54) is 0 Å². The number of allylic oxidation sites excluding steroid dienone is 3. The van der Waals surface area contributed by atoms with E-state index in [2.05, 4.69) is 11.9 Å². The van der Waals surface area contributed by atoms with E-state index in [-0.39, 0.29) is 11.8 Å².